The Labute approximate surface area is 155 Å². The molecule has 1 saturated heterocycles. The van der Waals surface area contributed by atoms with Crippen LogP contribution < -0.4 is 5.56 Å². The van der Waals surface area contributed by atoms with Crippen LogP contribution in [0, 0.1) is 0 Å². The van der Waals surface area contributed by atoms with Gasteiger partial charge in [-0.3, -0.25) is 9.59 Å². The van der Waals surface area contributed by atoms with Crippen LogP contribution in [0.4, 0.5) is 0 Å². The second kappa shape index (κ2) is 6.92. The fraction of sp³-hybridized carbons (Fsp3) is 0.250. The number of para-hydroxylation sites is 2. The van der Waals surface area contributed by atoms with Gasteiger partial charge in [-0.2, -0.15) is 0 Å². The maximum absolute atomic E-state index is 13.0. The first-order valence-electron chi connectivity index (χ1n) is 8.66. The number of aromatic nitrogens is 2. The van der Waals surface area contributed by atoms with Crippen molar-refractivity contribution in [2.45, 2.75) is 25.3 Å². The summed E-state index contributed by atoms with van der Waals surface area (Å²) < 4.78 is 0. The standard InChI is InChI=1S/C20H18ClN3O2/c21-14-6-3-5-13(11-14)12-15-7-4-10-24(15)20(26)18-19(25)23-17-9-2-1-8-16(17)22-18/h1-3,5-6,8-9,11,15H,4,7,10,12H2,(H,23,25)/t15-/m0/s1. The molecule has 1 fully saturated rings. The van der Waals surface area contributed by atoms with Gasteiger partial charge in [-0.15, -0.1) is 0 Å². The minimum absolute atomic E-state index is 0.0401. The van der Waals surface area contributed by atoms with Gasteiger partial charge in [0.15, 0.2) is 5.69 Å². The lowest BCUT2D eigenvalue weighted by Gasteiger charge is -2.24. The minimum Gasteiger partial charge on any atom is -0.334 e. The van der Waals surface area contributed by atoms with Crippen LogP contribution >= 0.6 is 11.6 Å². The average Bonchev–Trinajstić information content (AvgIpc) is 3.08. The van der Waals surface area contributed by atoms with E-state index in [9.17, 15) is 9.59 Å². The zero-order valence-electron chi connectivity index (χ0n) is 14.1. The van der Waals surface area contributed by atoms with Crippen molar-refractivity contribution in [2.24, 2.45) is 0 Å². The molecule has 26 heavy (non-hydrogen) atoms. The Bertz CT molecular complexity index is 1030. The highest BCUT2D eigenvalue weighted by Crippen LogP contribution is 2.24. The number of aromatic amines is 1. The number of H-pyrrole nitrogens is 1. The zero-order valence-corrected chi connectivity index (χ0v) is 14.9. The molecule has 1 atom stereocenters. The van der Waals surface area contributed by atoms with E-state index in [0.29, 0.717) is 22.6 Å². The van der Waals surface area contributed by atoms with Gasteiger partial charge in [-0.1, -0.05) is 35.9 Å². The third-order valence-corrected chi connectivity index (χ3v) is 5.04. The number of nitrogens with one attached hydrogen (secondary N) is 1. The van der Waals surface area contributed by atoms with E-state index >= 15 is 0 Å². The van der Waals surface area contributed by atoms with Crippen LogP contribution in [0.25, 0.3) is 11.0 Å². The molecule has 6 heteroatoms. The predicted molar refractivity (Wildman–Crippen MR) is 102 cm³/mol. The lowest BCUT2D eigenvalue weighted by atomic mass is 10.0. The van der Waals surface area contributed by atoms with Gasteiger partial charge >= 0.3 is 0 Å². The number of amides is 1. The lowest BCUT2D eigenvalue weighted by Crippen LogP contribution is -2.40. The molecule has 0 unspecified atom stereocenters. The molecule has 1 aromatic heterocycles. The molecule has 5 nitrogen and oxygen atoms in total. The van der Waals surface area contributed by atoms with Crippen molar-refractivity contribution in [3.05, 3.63) is 75.2 Å². The molecule has 4 rings (SSSR count). The number of carbonyl (C=O) groups excluding carboxylic acids is 1. The summed E-state index contributed by atoms with van der Waals surface area (Å²) >= 11 is 6.07. The number of fused-ring (bicyclic) bond motifs is 1. The first kappa shape index (κ1) is 16.8. The van der Waals surface area contributed by atoms with Crippen molar-refractivity contribution in [1.82, 2.24) is 14.9 Å². The first-order valence-corrected chi connectivity index (χ1v) is 9.04. The van der Waals surface area contributed by atoms with Gasteiger partial charge in [0.1, 0.15) is 0 Å². The molecular formula is C20H18ClN3O2. The highest BCUT2D eigenvalue weighted by Gasteiger charge is 2.31. The number of benzene rings is 2. The van der Waals surface area contributed by atoms with Crippen molar-refractivity contribution in [3.63, 3.8) is 0 Å². The largest absolute Gasteiger partial charge is 0.334 e. The van der Waals surface area contributed by atoms with Crippen LogP contribution in [-0.2, 0) is 6.42 Å². The molecule has 3 aromatic rings. The van der Waals surface area contributed by atoms with Gasteiger partial charge in [0.05, 0.1) is 11.0 Å². The molecular weight excluding hydrogens is 350 g/mol. The van der Waals surface area contributed by atoms with E-state index in [1.54, 1.807) is 17.0 Å². The number of hydrogen-bond acceptors (Lipinski definition) is 3. The number of nitrogens with zero attached hydrogens (tertiary/aromatic N) is 2. The minimum atomic E-state index is -0.442. The Kier molecular flexibility index (Phi) is 4.47. The number of hydrogen-bond donors (Lipinski definition) is 1. The lowest BCUT2D eigenvalue weighted by molar-refractivity contribution is 0.0729. The fourth-order valence-corrected chi connectivity index (χ4v) is 3.77. The number of rotatable bonds is 3. The van der Waals surface area contributed by atoms with E-state index in [1.165, 1.54) is 0 Å². The maximum atomic E-state index is 13.0. The smallest absolute Gasteiger partial charge is 0.280 e. The van der Waals surface area contributed by atoms with E-state index in [4.69, 9.17) is 11.6 Å². The van der Waals surface area contributed by atoms with E-state index in [1.807, 2.05) is 36.4 Å². The molecule has 1 N–H and O–H groups in total. The number of halogens is 1. The van der Waals surface area contributed by atoms with Crippen LogP contribution in [0.2, 0.25) is 5.02 Å². The SMILES string of the molecule is O=C(c1nc2ccccc2[nH]c1=O)N1CCC[C@H]1Cc1cccc(Cl)c1. The van der Waals surface area contributed by atoms with Gasteiger partial charge < -0.3 is 9.88 Å². The number of carbonyl (C=O) groups is 1. The normalized spacial score (nSPS) is 17.0. The van der Waals surface area contributed by atoms with Crippen molar-refractivity contribution in [2.75, 3.05) is 6.54 Å². The van der Waals surface area contributed by atoms with Crippen molar-refractivity contribution < 1.29 is 4.79 Å². The third-order valence-electron chi connectivity index (χ3n) is 4.80. The topological polar surface area (TPSA) is 66.1 Å². The van der Waals surface area contributed by atoms with Gasteiger partial charge in [-0.05, 0) is 49.1 Å². The highest BCUT2D eigenvalue weighted by molar-refractivity contribution is 6.30. The Hall–Kier alpha value is -2.66. The van der Waals surface area contributed by atoms with Crippen LogP contribution in [0.5, 0.6) is 0 Å². The molecule has 2 heterocycles. The zero-order chi connectivity index (χ0) is 18.1. The molecule has 1 aliphatic heterocycles. The molecule has 2 aromatic carbocycles. The van der Waals surface area contributed by atoms with Crippen molar-refractivity contribution in [3.8, 4) is 0 Å². The van der Waals surface area contributed by atoms with Crippen LogP contribution in [0.3, 0.4) is 0 Å². The second-order valence-electron chi connectivity index (χ2n) is 6.56. The molecule has 0 bridgehead atoms. The summed E-state index contributed by atoms with van der Waals surface area (Å²) in [6.45, 7) is 0.637. The maximum Gasteiger partial charge on any atom is 0.280 e. The van der Waals surface area contributed by atoms with Crippen molar-refractivity contribution in [1.29, 1.82) is 0 Å². The summed E-state index contributed by atoms with van der Waals surface area (Å²) in [5.41, 5.74) is 1.85. The quantitative estimate of drug-likeness (QED) is 0.771. The van der Waals surface area contributed by atoms with Crippen molar-refractivity contribution >= 4 is 28.5 Å². The summed E-state index contributed by atoms with van der Waals surface area (Å²) in [6.07, 6.45) is 2.55. The Morgan fingerprint density at radius 2 is 2.08 bits per heavy atom. The van der Waals surface area contributed by atoms with E-state index < -0.39 is 5.56 Å². The van der Waals surface area contributed by atoms with E-state index in [0.717, 1.165) is 24.8 Å². The van der Waals surface area contributed by atoms with Gasteiger partial charge in [-0.25, -0.2) is 4.98 Å². The highest BCUT2D eigenvalue weighted by atomic mass is 35.5. The molecule has 1 aliphatic rings. The molecule has 0 saturated carbocycles. The molecule has 0 spiro atoms. The molecule has 1 amide bonds. The second-order valence-corrected chi connectivity index (χ2v) is 7.00. The Morgan fingerprint density at radius 3 is 2.92 bits per heavy atom. The summed E-state index contributed by atoms with van der Waals surface area (Å²) in [5, 5.41) is 0.686. The van der Waals surface area contributed by atoms with Crippen LogP contribution in [-0.4, -0.2) is 33.4 Å². The molecule has 0 radical (unpaired) electrons. The van der Waals surface area contributed by atoms with Gasteiger partial charge in [0.2, 0.25) is 0 Å². The average molecular weight is 368 g/mol. The molecule has 0 aliphatic carbocycles. The van der Waals surface area contributed by atoms with Crippen LogP contribution in [0.1, 0.15) is 28.9 Å². The van der Waals surface area contributed by atoms with Gasteiger partial charge in [0.25, 0.3) is 11.5 Å². The monoisotopic (exact) mass is 367 g/mol. The van der Waals surface area contributed by atoms with Gasteiger partial charge in [0, 0.05) is 17.6 Å². The Morgan fingerprint density at radius 1 is 1.23 bits per heavy atom. The Balaban J connectivity index is 1.62. The van der Waals surface area contributed by atoms with E-state index in [2.05, 4.69) is 9.97 Å². The van der Waals surface area contributed by atoms with Crippen LogP contribution in [0.15, 0.2) is 53.3 Å². The summed E-state index contributed by atoms with van der Waals surface area (Å²) in [5.74, 6) is -0.304. The predicted octanol–water partition coefficient (Wildman–Crippen LogP) is 3.42. The number of likely N-dealkylation sites (tertiary alicyclic amines) is 1. The third kappa shape index (κ3) is 3.22. The summed E-state index contributed by atoms with van der Waals surface area (Å²) in [6, 6.07) is 14.9. The molecule has 132 valence electrons. The van der Waals surface area contributed by atoms with E-state index in [-0.39, 0.29) is 17.6 Å². The fourth-order valence-electron chi connectivity index (χ4n) is 3.56. The summed E-state index contributed by atoms with van der Waals surface area (Å²) in [7, 11) is 0. The first-order chi connectivity index (χ1) is 12.6. The summed E-state index contributed by atoms with van der Waals surface area (Å²) in [4.78, 5) is 34.2.